The van der Waals surface area contributed by atoms with Crippen LogP contribution in [0.4, 0.5) is 5.69 Å². The van der Waals surface area contributed by atoms with Crippen molar-refractivity contribution < 1.29 is 23.8 Å². The molecule has 1 aliphatic heterocycles. The van der Waals surface area contributed by atoms with Gasteiger partial charge in [0.05, 0.1) is 18.7 Å². The summed E-state index contributed by atoms with van der Waals surface area (Å²) in [6.45, 7) is 0. The number of amides is 1. The Bertz CT molecular complexity index is 1480. The normalized spacial score (nSPS) is 15.9. The van der Waals surface area contributed by atoms with E-state index in [4.69, 9.17) is 32.4 Å². The SMILES string of the molecule is COc1cc(Cl)cc2cc(C(=O)C3=C(O)C(=O)N(c4cccc(Cl)c4)C3c3ccccc3)oc12. The van der Waals surface area contributed by atoms with Crippen LogP contribution in [0, 0.1) is 0 Å². The molecule has 1 aliphatic rings. The number of rotatable bonds is 5. The molecule has 3 aromatic carbocycles. The molecule has 4 aromatic rings. The standard InChI is InChI=1S/C26H17Cl2NO5/c1-33-20-13-17(28)10-15-11-19(34-25(15)20)23(30)21-22(14-6-3-2-4-7-14)29(26(32)24(21)31)18-9-5-8-16(27)12-18/h2-13,22,31H,1H3. The van der Waals surface area contributed by atoms with Gasteiger partial charge in [0.2, 0.25) is 5.78 Å². The van der Waals surface area contributed by atoms with Crippen LogP contribution < -0.4 is 9.64 Å². The van der Waals surface area contributed by atoms with Crippen molar-refractivity contribution in [2.75, 3.05) is 12.0 Å². The van der Waals surface area contributed by atoms with Crippen LogP contribution in [-0.2, 0) is 4.79 Å². The first-order valence-corrected chi connectivity index (χ1v) is 11.0. The van der Waals surface area contributed by atoms with E-state index in [0.29, 0.717) is 38.0 Å². The molecule has 6 nitrogen and oxygen atoms in total. The molecule has 0 spiro atoms. The third-order valence-electron chi connectivity index (χ3n) is 5.65. The van der Waals surface area contributed by atoms with E-state index in [0.717, 1.165) is 0 Å². The van der Waals surface area contributed by atoms with E-state index < -0.39 is 23.5 Å². The maximum atomic E-state index is 13.7. The van der Waals surface area contributed by atoms with Crippen LogP contribution >= 0.6 is 23.2 Å². The molecular formula is C26H17Cl2NO5. The van der Waals surface area contributed by atoms with E-state index in [-0.39, 0.29) is 11.3 Å². The number of ether oxygens (including phenoxy) is 1. The fourth-order valence-corrected chi connectivity index (χ4v) is 4.56. The first-order chi connectivity index (χ1) is 16.4. The summed E-state index contributed by atoms with van der Waals surface area (Å²) in [6, 6.07) is 19.5. The van der Waals surface area contributed by atoms with Gasteiger partial charge in [0.1, 0.15) is 0 Å². The fraction of sp³-hybridized carbons (Fsp3) is 0.0769. The summed E-state index contributed by atoms with van der Waals surface area (Å²) in [5.74, 6) is -1.68. The van der Waals surface area contributed by atoms with Crippen molar-refractivity contribution in [2.24, 2.45) is 0 Å². The number of ketones is 1. The van der Waals surface area contributed by atoms with Crippen molar-refractivity contribution in [3.05, 3.63) is 105 Å². The molecule has 0 aliphatic carbocycles. The van der Waals surface area contributed by atoms with Gasteiger partial charge in [0.25, 0.3) is 5.91 Å². The molecular weight excluding hydrogens is 477 g/mol. The Morgan fingerprint density at radius 3 is 2.47 bits per heavy atom. The summed E-state index contributed by atoms with van der Waals surface area (Å²) < 4.78 is 11.1. The number of fused-ring (bicyclic) bond motifs is 1. The van der Waals surface area contributed by atoms with Crippen LogP contribution in [0.15, 0.2) is 88.5 Å². The monoisotopic (exact) mass is 493 g/mol. The molecule has 0 fully saturated rings. The van der Waals surface area contributed by atoms with Crippen molar-refractivity contribution in [3.63, 3.8) is 0 Å². The van der Waals surface area contributed by atoms with Gasteiger partial charge < -0.3 is 14.3 Å². The van der Waals surface area contributed by atoms with Crippen molar-refractivity contribution >= 4 is 51.5 Å². The zero-order valence-electron chi connectivity index (χ0n) is 17.8. The number of Topliss-reactive ketones (excluding diaryl/α,β-unsaturated/α-hetero) is 1. The molecule has 1 aromatic heterocycles. The minimum atomic E-state index is -0.890. The van der Waals surface area contributed by atoms with Gasteiger partial charge in [-0.3, -0.25) is 14.5 Å². The molecule has 0 radical (unpaired) electrons. The number of nitrogens with zero attached hydrogens (tertiary/aromatic N) is 1. The van der Waals surface area contributed by atoms with Gasteiger partial charge in [-0.15, -0.1) is 0 Å². The molecule has 1 amide bonds. The van der Waals surface area contributed by atoms with Crippen molar-refractivity contribution in [1.82, 2.24) is 0 Å². The Morgan fingerprint density at radius 1 is 1.00 bits per heavy atom. The Morgan fingerprint density at radius 2 is 1.76 bits per heavy atom. The van der Waals surface area contributed by atoms with Crippen molar-refractivity contribution in [1.29, 1.82) is 0 Å². The predicted molar refractivity (Wildman–Crippen MR) is 130 cm³/mol. The summed E-state index contributed by atoms with van der Waals surface area (Å²) in [6.07, 6.45) is 0. The smallest absolute Gasteiger partial charge is 0.294 e. The quantitative estimate of drug-likeness (QED) is 0.319. The fourth-order valence-electron chi connectivity index (χ4n) is 4.16. The number of benzene rings is 3. The summed E-state index contributed by atoms with van der Waals surface area (Å²) in [7, 11) is 1.47. The highest BCUT2D eigenvalue weighted by Crippen LogP contribution is 2.43. The third kappa shape index (κ3) is 3.61. The zero-order chi connectivity index (χ0) is 24.0. The van der Waals surface area contributed by atoms with Crippen LogP contribution in [0.5, 0.6) is 5.75 Å². The van der Waals surface area contributed by atoms with Crippen LogP contribution in [0.25, 0.3) is 11.0 Å². The molecule has 1 N–H and O–H groups in total. The Kier molecular flexibility index (Phi) is 5.55. The molecule has 2 heterocycles. The van der Waals surface area contributed by atoms with E-state index in [2.05, 4.69) is 0 Å². The lowest BCUT2D eigenvalue weighted by molar-refractivity contribution is -0.117. The first-order valence-electron chi connectivity index (χ1n) is 10.3. The van der Waals surface area contributed by atoms with E-state index in [1.807, 2.05) is 6.07 Å². The molecule has 5 rings (SSSR count). The number of hydrogen-bond donors (Lipinski definition) is 1. The second-order valence-corrected chi connectivity index (χ2v) is 8.57. The predicted octanol–water partition coefficient (Wildman–Crippen LogP) is 6.53. The number of anilines is 1. The number of aliphatic hydroxyl groups excluding tert-OH is 1. The number of carbonyl (C=O) groups excluding carboxylic acids is 2. The van der Waals surface area contributed by atoms with Gasteiger partial charge in [0.15, 0.2) is 22.9 Å². The minimum Gasteiger partial charge on any atom is -0.503 e. The van der Waals surface area contributed by atoms with Crippen LogP contribution in [0.3, 0.4) is 0 Å². The van der Waals surface area contributed by atoms with E-state index in [9.17, 15) is 14.7 Å². The van der Waals surface area contributed by atoms with Crippen LogP contribution in [0.2, 0.25) is 10.0 Å². The highest BCUT2D eigenvalue weighted by molar-refractivity contribution is 6.32. The molecule has 0 saturated carbocycles. The van der Waals surface area contributed by atoms with Gasteiger partial charge in [-0.1, -0.05) is 59.6 Å². The summed E-state index contributed by atoms with van der Waals surface area (Å²) in [5.41, 5.74) is 1.32. The summed E-state index contributed by atoms with van der Waals surface area (Å²) >= 11 is 12.3. The second kappa shape index (κ2) is 8.56. The highest BCUT2D eigenvalue weighted by atomic mass is 35.5. The van der Waals surface area contributed by atoms with Crippen LogP contribution in [-0.4, -0.2) is 23.9 Å². The Labute approximate surface area is 204 Å². The van der Waals surface area contributed by atoms with Gasteiger partial charge in [0, 0.05) is 27.2 Å². The van der Waals surface area contributed by atoms with Crippen molar-refractivity contribution in [2.45, 2.75) is 6.04 Å². The van der Waals surface area contributed by atoms with E-state index >= 15 is 0 Å². The van der Waals surface area contributed by atoms with Crippen LogP contribution in [0.1, 0.15) is 22.2 Å². The topological polar surface area (TPSA) is 80.0 Å². The third-order valence-corrected chi connectivity index (χ3v) is 6.10. The molecule has 34 heavy (non-hydrogen) atoms. The average Bonchev–Trinajstić information content (AvgIpc) is 3.37. The average molecular weight is 494 g/mol. The number of methoxy groups -OCH3 is 1. The van der Waals surface area contributed by atoms with Gasteiger partial charge in [-0.05, 0) is 35.9 Å². The number of carbonyl (C=O) groups is 2. The maximum Gasteiger partial charge on any atom is 0.294 e. The second-order valence-electron chi connectivity index (χ2n) is 7.70. The van der Waals surface area contributed by atoms with Gasteiger partial charge in [-0.2, -0.15) is 0 Å². The van der Waals surface area contributed by atoms with Crippen molar-refractivity contribution in [3.8, 4) is 5.75 Å². The van der Waals surface area contributed by atoms with Gasteiger partial charge in [-0.25, -0.2) is 0 Å². The Balaban J connectivity index is 1.66. The first kappa shape index (κ1) is 22.1. The Hall–Kier alpha value is -3.74. The molecule has 0 bridgehead atoms. The lowest BCUT2D eigenvalue weighted by Crippen LogP contribution is -2.31. The minimum absolute atomic E-state index is 0.0567. The highest BCUT2D eigenvalue weighted by Gasteiger charge is 2.45. The summed E-state index contributed by atoms with van der Waals surface area (Å²) in [4.78, 5) is 28.3. The molecule has 1 atom stereocenters. The number of hydrogen-bond acceptors (Lipinski definition) is 5. The number of aliphatic hydroxyl groups is 1. The molecule has 1 unspecified atom stereocenters. The van der Waals surface area contributed by atoms with E-state index in [1.54, 1.807) is 60.7 Å². The largest absolute Gasteiger partial charge is 0.503 e. The van der Waals surface area contributed by atoms with E-state index in [1.165, 1.54) is 18.1 Å². The van der Waals surface area contributed by atoms with Gasteiger partial charge >= 0.3 is 0 Å². The molecule has 170 valence electrons. The number of furan rings is 1. The molecule has 8 heteroatoms. The maximum absolute atomic E-state index is 13.7. The lowest BCUT2D eigenvalue weighted by atomic mass is 9.95. The zero-order valence-corrected chi connectivity index (χ0v) is 19.3. The summed E-state index contributed by atoms with van der Waals surface area (Å²) in [5, 5.41) is 12.3. The lowest BCUT2D eigenvalue weighted by Gasteiger charge is -2.26. The number of halogens is 2. The molecule has 0 saturated heterocycles.